The molecular weight excluding hydrogens is 302 g/mol. The lowest BCUT2D eigenvalue weighted by molar-refractivity contribution is -0.147. The van der Waals surface area contributed by atoms with Gasteiger partial charge in [-0.3, -0.25) is 9.59 Å². The van der Waals surface area contributed by atoms with Gasteiger partial charge in [0.2, 0.25) is 5.71 Å². The van der Waals surface area contributed by atoms with Crippen LogP contribution in [0.15, 0.2) is 5.16 Å². The average molecular weight is 327 g/mol. The van der Waals surface area contributed by atoms with E-state index in [2.05, 4.69) is 5.16 Å². The predicted molar refractivity (Wildman–Crippen MR) is 82.8 cm³/mol. The van der Waals surface area contributed by atoms with E-state index in [1.165, 1.54) is 14.0 Å². The smallest absolute Gasteiger partial charge is 0.364 e. The van der Waals surface area contributed by atoms with Gasteiger partial charge in [-0.25, -0.2) is 4.79 Å². The summed E-state index contributed by atoms with van der Waals surface area (Å²) < 4.78 is 9.85. The molecule has 0 amide bonds. The van der Waals surface area contributed by atoms with E-state index in [1.54, 1.807) is 20.8 Å². The number of ether oxygens (including phenoxy) is 2. The van der Waals surface area contributed by atoms with E-state index in [-0.39, 0.29) is 23.7 Å². The van der Waals surface area contributed by atoms with Gasteiger partial charge in [0.15, 0.2) is 5.78 Å². The summed E-state index contributed by atoms with van der Waals surface area (Å²) in [5, 5.41) is 3.70. The number of carbonyl (C=O) groups excluding carboxylic acids is 3. The van der Waals surface area contributed by atoms with Crippen LogP contribution in [0.25, 0.3) is 0 Å². The Kier molecular flexibility index (Phi) is 6.72. The maximum Gasteiger partial charge on any atom is 0.364 e. The fourth-order valence-electron chi connectivity index (χ4n) is 2.27. The third-order valence-electron chi connectivity index (χ3n) is 3.43. The number of esters is 2. The molecule has 7 heteroatoms. The van der Waals surface area contributed by atoms with Crippen molar-refractivity contribution >= 4 is 23.4 Å². The lowest BCUT2D eigenvalue weighted by Crippen LogP contribution is -2.33. The average Bonchev–Trinajstić information content (AvgIpc) is 2.45. The fraction of sp³-hybridized carbons (Fsp3) is 0.750. The monoisotopic (exact) mass is 327 g/mol. The van der Waals surface area contributed by atoms with Crippen molar-refractivity contribution in [2.45, 2.75) is 65.1 Å². The van der Waals surface area contributed by atoms with Crippen molar-refractivity contribution in [3.8, 4) is 0 Å². The van der Waals surface area contributed by atoms with Gasteiger partial charge < -0.3 is 14.3 Å². The molecule has 0 spiro atoms. The van der Waals surface area contributed by atoms with Gasteiger partial charge in [0.05, 0.1) is 13.0 Å². The Morgan fingerprint density at radius 3 is 2.04 bits per heavy atom. The van der Waals surface area contributed by atoms with Crippen molar-refractivity contribution < 1.29 is 28.7 Å². The molecule has 0 heterocycles. The standard InChI is InChI=1S/C16H25NO6/c1-10(18)13(15(20)22-16(2,3)4)17-23-12-8-6-11(7-9-12)14(19)21-5/h11-12H,6-9H2,1-5H3. The number of oxime groups is 1. The first-order valence-corrected chi connectivity index (χ1v) is 7.70. The normalized spacial score (nSPS) is 22.2. The van der Waals surface area contributed by atoms with E-state index >= 15 is 0 Å². The molecule has 0 bridgehead atoms. The van der Waals surface area contributed by atoms with Gasteiger partial charge in [-0.15, -0.1) is 0 Å². The third kappa shape index (κ3) is 6.38. The number of methoxy groups -OCH3 is 1. The Balaban J connectivity index is 2.61. The van der Waals surface area contributed by atoms with Crippen LogP contribution < -0.4 is 0 Å². The van der Waals surface area contributed by atoms with Crippen molar-refractivity contribution in [1.29, 1.82) is 0 Å². The first-order chi connectivity index (χ1) is 10.6. The molecular formula is C16H25NO6. The van der Waals surface area contributed by atoms with E-state index in [9.17, 15) is 14.4 Å². The van der Waals surface area contributed by atoms with E-state index in [4.69, 9.17) is 14.3 Å². The summed E-state index contributed by atoms with van der Waals surface area (Å²) in [5.74, 6) is -1.65. The number of rotatable bonds is 5. The molecule has 23 heavy (non-hydrogen) atoms. The van der Waals surface area contributed by atoms with Crippen LogP contribution in [0.5, 0.6) is 0 Å². The Morgan fingerprint density at radius 2 is 1.61 bits per heavy atom. The first kappa shape index (κ1) is 19.1. The van der Waals surface area contributed by atoms with Crippen molar-refractivity contribution in [2.24, 2.45) is 11.1 Å². The molecule has 0 aliphatic heterocycles. The van der Waals surface area contributed by atoms with E-state index in [0.29, 0.717) is 25.7 Å². The first-order valence-electron chi connectivity index (χ1n) is 7.70. The number of Topliss-reactive ketones (excluding diaryl/α,β-unsaturated/α-hetero) is 1. The molecule has 0 N–H and O–H groups in total. The zero-order chi connectivity index (χ0) is 17.6. The van der Waals surface area contributed by atoms with Crippen LogP contribution >= 0.6 is 0 Å². The summed E-state index contributed by atoms with van der Waals surface area (Å²) in [5.41, 5.74) is -1.07. The molecule has 1 aliphatic carbocycles. The van der Waals surface area contributed by atoms with Crippen molar-refractivity contribution in [3.05, 3.63) is 0 Å². The molecule has 1 rings (SSSR count). The SMILES string of the molecule is COC(=O)C1CCC(ON=C(C(C)=O)C(=O)OC(C)(C)C)CC1. The minimum atomic E-state index is -0.798. The highest BCUT2D eigenvalue weighted by atomic mass is 16.6. The molecule has 130 valence electrons. The second-order valence-corrected chi connectivity index (χ2v) is 6.60. The van der Waals surface area contributed by atoms with Gasteiger partial charge in [0.1, 0.15) is 11.7 Å². The summed E-state index contributed by atoms with van der Waals surface area (Å²) in [6.45, 7) is 6.35. The Morgan fingerprint density at radius 1 is 1.04 bits per heavy atom. The van der Waals surface area contributed by atoms with Crippen LogP contribution in [0.4, 0.5) is 0 Å². The van der Waals surface area contributed by atoms with E-state index < -0.39 is 17.4 Å². The van der Waals surface area contributed by atoms with Gasteiger partial charge in [0, 0.05) is 6.92 Å². The third-order valence-corrected chi connectivity index (χ3v) is 3.43. The molecule has 1 aliphatic rings. The number of hydrogen-bond donors (Lipinski definition) is 0. The highest BCUT2D eigenvalue weighted by Gasteiger charge is 2.29. The van der Waals surface area contributed by atoms with Gasteiger partial charge in [-0.1, -0.05) is 5.16 Å². The Bertz CT molecular complexity index is 483. The largest absolute Gasteiger partial charge is 0.469 e. The van der Waals surface area contributed by atoms with Gasteiger partial charge in [0.25, 0.3) is 0 Å². The minimum Gasteiger partial charge on any atom is -0.469 e. The molecule has 0 saturated heterocycles. The molecule has 0 aromatic heterocycles. The summed E-state index contributed by atoms with van der Waals surface area (Å²) in [4.78, 5) is 40.3. The molecule has 7 nitrogen and oxygen atoms in total. The summed E-state index contributed by atoms with van der Waals surface area (Å²) in [7, 11) is 1.37. The topological polar surface area (TPSA) is 91.3 Å². The molecule has 0 atom stereocenters. The van der Waals surface area contributed by atoms with E-state index in [1.807, 2.05) is 0 Å². The molecule has 1 saturated carbocycles. The highest BCUT2D eigenvalue weighted by Crippen LogP contribution is 2.27. The van der Waals surface area contributed by atoms with Crippen LogP contribution in [0.1, 0.15) is 53.4 Å². The molecule has 0 unspecified atom stereocenters. The number of hydrogen-bond acceptors (Lipinski definition) is 7. The Labute approximate surface area is 136 Å². The molecule has 0 radical (unpaired) electrons. The molecule has 1 fully saturated rings. The Hall–Kier alpha value is -1.92. The quantitative estimate of drug-likeness (QED) is 0.332. The maximum absolute atomic E-state index is 11.9. The second-order valence-electron chi connectivity index (χ2n) is 6.60. The zero-order valence-electron chi connectivity index (χ0n) is 14.4. The number of ketones is 1. The summed E-state index contributed by atoms with van der Waals surface area (Å²) >= 11 is 0. The zero-order valence-corrected chi connectivity index (χ0v) is 14.4. The minimum absolute atomic E-state index is 0.123. The van der Waals surface area contributed by atoms with Gasteiger partial charge >= 0.3 is 11.9 Å². The van der Waals surface area contributed by atoms with E-state index in [0.717, 1.165) is 0 Å². The van der Waals surface area contributed by atoms with Crippen molar-refractivity contribution in [3.63, 3.8) is 0 Å². The molecule has 0 aromatic rings. The van der Waals surface area contributed by atoms with Crippen LogP contribution in [0.3, 0.4) is 0 Å². The van der Waals surface area contributed by atoms with Crippen LogP contribution in [0, 0.1) is 5.92 Å². The second kappa shape index (κ2) is 8.08. The van der Waals surface area contributed by atoms with Gasteiger partial charge in [-0.2, -0.15) is 0 Å². The van der Waals surface area contributed by atoms with Crippen LogP contribution in [-0.2, 0) is 28.7 Å². The van der Waals surface area contributed by atoms with Gasteiger partial charge in [-0.05, 0) is 46.5 Å². The van der Waals surface area contributed by atoms with Crippen molar-refractivity contribution in [2.75, 3.05) is 7.11 Å². The highest BCUT2D eigenvalue weighted by molar-refractivity contribution is 6.63. The lowest BCUT2D eigenvalue weighted by atomic mass is 9.87. The fourth-order valence-corrected chi connectivity index (χ4v) is 2.27. The van der Waals surface area contributed by atoms with Crippen molar-refractivity contribution in [1.82, 2.24) is 0 Å². The maximum atomic E-state index is 11.9. The summed E-state index contributed by atoms with van der Waals surface area (Å²) in [6, 6.07) is 0. The van der Waals surface area contributed by atoms with Crippen LogP contribution in [0.2, 0.25) is 0 Å². The molecule has 0 aromatic carbocycles. The predicted octanol–water partition coefficient (Wildman–Crippen LogP) is 2.02. The summed E-state index contributed by atoms with van der Waals surface area (Å²) in [6.07, 6.45) is 2.27. The lowest BCUT2D eigenvalue weighted by Gasteiger charge is -2.25. The number of nitrogens with zero attached hydrogens (tertiary/aromatic N) is 1. The number of carbonyl (C=O) groups is 3. The van der Waals surface area contributed by atoms with Crippen LogP contribution in [-0.4, -0.2) is 42.2 Å².